The molecule has 0 unspecified atom stereocenters. The molecule has 2 aliphatic heterocycles. The van der Waals surface area contributed by atoms with Crippen molar-refractivity contribution in [2.24, 2.45) is 23.2 Å². The Balaban J connectivity index is 2.56. The Kier molecular flexibility index (Phi) is 4.92. The molecular formula is C17H26N2O4. The second kappa shape index (κ2) is 6.42. The third-order valence-corrected chi connectivity index (χ3v) is 4.93. The van der Waals surface area contributed by atoms with Crippen LogP contribution in [0, 0.1) is 23.2 Å². The molecule has 2 bridgehead atoms. The molecule has 1 N–H and O–H groups in total. The Morgan fingerprint density at radius 2 is 1.39 bits per heavy atom. The fourth-order valence-corrected chi connectivity index (χ4v) is 4.27. The Bertz CT molecular complexity index is 499. The summed E-state index contributed by atoms with van der Waals surface area (Å²) < 4.78 is 0. The molecule has 2 fully saturated rings. The van der Waals surface area contributed by atoms with Gasteiger partial charge in [-0.15, -0.1) is 0 Å². The van der Waals surface area contributed by atoms with Crippen LogP contribution in [0.2, 0.25) is 0 Å². The van der Waals surface area contributed by atoms with E-state index in [4.69, 9.17) is 0 Å². The molecule has 0 aliphatic carbocycles. The van der Waals surface area contributed by atoms with Crippen LogP contribution in [0.25, 0.3) is 0 Å². The van der Waals surface area contributed by atoms with Gasteiger partial charge in [-0.2, -0.15) is 0 Å². The van der Waals surface area contributed by atoms with Crippen molar-refractivity contribution in [1.29, 1.82) is 0 Å². The summed E-state index contributed by atoms with van der Waals surface area (Å²) in [4.78, 5) is 51.8. The first kappa shape index (κ1) is 17.6. The molecule has 0 aromatic carbocycles. The summed E-state index contributed by atoms with van der Waals surface area (Å²) >= 11 is 0. The Morgan fingerprint density at radius 3 is 1.74 bits per heavy atom. The topological polar surface area (TPSA) is 83.6 Å². The number of nitrogens with one attached hydrogen (secondary N) is 1. The zero-order valence-corrected chi connectivity index (χ0v) is 14.3. The summed E-state index contributed by atoms with van der Waals surface area (Å²) in [5.74, 6) is -3.73. The maximum absolute atomic E-state index is 12.9. The van der Waals surface area contributed by atoms with Crippen LogP contribution in [0.3, 0.4) is 0 Å². The molecule has 0 spiro atoms. The van der Waals surface area contributed by atoms with Crippen molar-refractivity contribution in [2.75, 3.05) is 6.54 Å². The van der Waals surface area contributed by atoms with Crippen LogP contribution in [0.4, 0.5) is 0 Å². The molecule has 0 saturated carbocycles. The van der Waals surface area contributed by atoms with Gasteiger partial charge < -0.3 is 0 Å². The highest BCUT2D eigenvalue weighted by atomic mass is 16.2. The highest BCUT2D eigenvalue weighted by Gasteiger charge is 2.65. The van der Waals surface area contributed by atoms with E-state index in [1.54, 1.807) is 0 Å². The SMILES string of the molecule is CCCC1(CCC)[C@@H]2C(=O)NC(=O)[C@H]1C(=O)N(CC(C)C)C2=O. The van der Waals surface area contributed by atoms with Gasteiger partial charge in [-0.05, 0) is 18.8 Å². The monoisotopic (exact) mass is 322 g/mol. The first-order valence-corrected chi connectivity index (χ1v) is 8.50. The summed E-state index contributed by atoms with van der Waals surface area (Å²) in [6.07, 6.45) is 2.50. The lowest BCUT2D eigenvalue weighted by molar-refractivity contribution is -0.179. The van der Waals surface area contributed by atoms with E-state index in [9.17, 15) is 19.2 Å². The predicted octanol–water partition coefficient (Wildman–Crippen LogP) is 1.49. The molecule has 0 aromatic rings. The zero-order chi connectivity index (χ0) is 17.4. The third kappa shape index (κ3) is 2.68. The second-order valence-electron chi connectivity index (χ2n) is 7.13. The number of carbonyl (C=O) groups is 4. The van der Waals surface area contributed by atoms with E-state index in [-0.39, 0.29) is 12.5 Å². The zero-order valence-electron chi connectivity index (χ0n) is 14.3. The molecule has 2 saturated heterocycles. The number of fused-ring (bicyclic) bond motifs is 2. The quantitative estimate of drug-likeness (QED) is 0.593. The maximum atomic E-state index is 12.9. The number of rotatable bonds is 6. The van der Waals surface area contributed by atoms with Crippen molar-refractivity contribution in [3.8, 4) is 0 Å². The molecule has 0 radical (unpaired) electrons. The molecule has 4 amide bonds. The van der Waals surface area contributed by atoms with E-state index in [0.717, 1.165) is 17.7 Å². The van der Waals surface area contributed by atoms with Crippen LogP contribution in [-0.2, 0) is 19.2 Å². The number of piperidine rings is 2. The van der Waals surface area contributed by atoms with E-state index < -0.39 is 40.9 Å². The fraction of sp³-hybridized carbons (Fsp3) is 0.765. The second-order valence-corrected chi connectivity index (χ2v) is 7.13. The molecule has 2 aliphatic rings. The van der Waals surface area contributed by atoms with Gasteiger partial charge in [0, 0.05) is 12.0 Å². The first-order chi connectivity index (χ1) is 10.8. The molecule has 0 aromatic heterocycles. The fourth-order valence-electron chi connectivity index (χ4n) is 4.27. The van der Waals surface area contributed by atoms with Crippen molar-refractivity contribution in [2.45, 2.75) is 53.4 Å². The molecule has 128 valence electrons. The molecule has 6 heteroatoms. The molecular weight excluding hydrogens is 296 g/mol. The van der Waals surface area contributed by atoms with Gasteiger partial charge in [0.15, 0.2) is 0 Å². The minimum Gasteiger partial charge on any atom is -0.295 e. The van der Waals surface area contributed by atoms with Crippen molar-refractivity contribution < 1.29 is 19.2 Å². The van der Waals surface area contributed by atoms with Crippen molar-refractivity contribution >= 4 is 23.6 Å². The number of hydrogen-bond donors (Lipinski definition) is 1. The average Bonchev–Trinajstić information content (AvgIpc) is 2.43. The highest BCUT2D eigenvalue weighted by molar-refractivity contribution is 6.22. The first-order valence-electron chi connectivity index (χ1n) is 8.50. The number of amides is 4. The number of carbonyl (C=O) groups excluding carboxylic acids is 4. The normalized spacial score (nSPS) is 26.7. The molecule has 2 rings (SSSR count). The van der Waals surface area contributed by atoms with Crippen LogP contribution in [0.5, 0.6) is 0 Å². The number of hydrogen-bond acceptors (Lipinski definition) is 4. The van der Waals surface area contributed by atoms with Gasteiger partial charge >= 0.3 is 0 Å². The Labute approximate surface area is 137 Å². The Hall–Kier alpha value is -1.72. The van der Waals surface area contributed by atoms with Crippen LogP contribution >= 0.6 is 0 Å². The largest absolute Gasteiger partial charge is 0.295 e. The number of nitrogens with zero attached hydrogens (tertiary/aromatic N) is 1. The lowest BCUT2D eigenvalue weighted by Gasteiger charge is -2.52. The lowest BCUT2D eigenvalue weighted by atomic mass is 9.56. The number of likely N-dealkylation sites (tertiary alicyclic amines) is 1. The predicted molar refractivity (Wildman–Crippen MR) is 83.9 cm³/mol. The molecule has 6 nitrogen and oxygen atoms in total. The van der Waals surface area contributed by atoms with Gasteiger partial charge in [0.05, 0.1) is 0 Å². The maximum Gasteiger partial charge on any atom is 0.242 e. The highest BCUT2D eigenvalue weighted by Crippen LogP contribution is 2.51. The smallest absolute Gasteiger partial charge is 0.242 e. The van der Waals surface area contributed by atoms with E-state index >= 15 is 0 Å². The Morgan fingerprint density at radius 1 is 0.957 bits per heavy atom. The summed E-state index contributed by atoms with van der Waals surface area (Å²) in [6, 6.07) is 0. The van der Waals surface area contributed by atoms with E-state index in [1.807, 2.05) is 27.7 Å². The van der Waals surface area contributed by atoms with Crippen LogP contribution in [-0.4, -0.2) is 35.1 Å². The molecule has 2 heterocycles. The molecule has 2 atom stereocenters. The summed E-state index contributed by atoms with van der Waals surface area (Å²) in [5.41, 5.74) is -0.857. The van der Waals surface area contributed by atoms with Gasteiger partial charge in [0.2, 0.25) is 23.6 Å². The summed E-state index contributed by atoms with van der Waals surface area (Å²) in [7, 11) is 0. The van der Waals surface area contributed by atoms with E-state index in [0.29, 0.717) is 12.8 Å². The molecule has 23 heavy (non-hydrogen) atoms. The van der Waals surface area contributed by atoms with Crippen molar-refractivity contribution in [1.82, 2.24) is 10.2 Å². The van der Waals surface area contributed by atoms with Gasteiger partial charge in [-0.1, -0.05) is 40.5 Å². The lowest BCUT2D eigenvalue weighted by Crippen LogP contribution is -2.71. The van der Waals surface area contributed by atoms with Crippen LogP contribution in [0.15, 0.2) is 0 Å². The van der Waals surface area contributed by atoms with Gasteiger partial charge in [0.25, 0.3) is 0 Å². The average molecular weight is 322 g/mol. The van der Waals surface area contributed by atoms with Crippen LogP contribution in [0.1, 0.15) is 53.4 Å². The van der Waals surface area contributed by atoms with Gasteiger partial charge in [0.1, 0.15) is 11.8 Å². The minimum absolute atomic E-state index is 0.0895. The van der Waals surface area contributed by atoms with Crippen molar-refractivity contribution in [3.05, 3.63) is 0 Å². The standard InChI is InChI=1S/C17H26N2O4/c1-5-7-17(8-6-2)11-13(20)18-14(21)12(17)16(23)19(15(11)22)9-10(3)4/h10-12H,5-9H2,1-4H3,(H,18,20,21)/t11-,12+. The summed E-state index contributed by atoms with van der Waals surface area (Å²) in [6.45, 7) is 7.95. The summed E-state index contributed by atoms with van der Waals surface area (Å²) in [5, 5.41) is 2.24. The number of imide groups is 2. The van der Waals surface area contributed by atoms with Crippen LogP contribution < -0.4 is 5.32 Å². The van der Waals surface area contributed by atoms with Crippen molar-refractivity contribution in [3.63, 3.8) is 0 Å². The minimum atomic E-state index is -0.929. The third-order valence-electron chi connectivity index (χ3n) is 4.93. The van der Waals surface area contributed by atoms with Gasteiger partial charge in [-0.3, -0.25) is 29.4 Å². The van der Waals surface area contributed by atoms with Gasteiger partial charge in [-0.25, -0.2) is 0 Å². The van der Waals surface area contributed by atoms with E-state index in [1.165, 1.54) is 0 Å². The van der Waals surface area contributed by atoms with E-state index in [2.05, 4.69) is 5.32 Å².